The molecule has 0 aliphatic carbocycles. The molecule has 19 heavy (non-hydrogen) atoms. The molecular weight excluding hydrogens is 254 g/mol. The number of H-pyrrole nitrogens is 1. The second kappa shape index (κ2) is 5.51. The molecule has 104 valence electrons. The Balaban J connectivity index is 2.94. The Kier molecular flexibility index (Phi) is 4.26. The molecule has 3 N–H and O–H groups in total. The summed E-state index contributed by atoms with van der Waals surface area (Å²) < 4.78 is 0. The summed E-state index contributed by atoms with van der Waals surface area (Å²) in [5.41, 5.74) is -1.41. The highest BCUT2D eigenvalue weighted by Crippen LogP contribution is 2.17. The molecule has 1 amide bonds. The van der Waals surface area contributed by atoms with E-state index in [-0.39, 0.29) is 24.4 Å². The molecule has 0 unspecified atom stereocenters. The van der Waals surface area contributed by atoms with Gasteiger partial charge in [0.2, 0.25) is 0 Å². The number of carbonyl (C=O) groups excluding carboxylic acids is 1. The number of carboxylic acids is 1. The zero-order valence-corrected chi connectivity index (χ0v) is 10.6. The number of amides is 1. The third-order valence-corrected chi connectivity index (χ3v) is 3.08. The minimum absolute atomic E-state index is 0.0424. The van der Waals surface area contributed by atoms with Crippen molar-refractivity contribution in [2.75, 3.05) is 0 Å². The second-order valence-electron chi connectivity index (χ2n) is 4.06. The highest BCUT2D eigenvalue weighted by atomic mass is 16.6. The van der Waals surface area contributed by atoms with Crippen molar-refractivity contribution in [3.05, 3.63) is 27.9 Å². The van der Waals surface area contributed by atoms with Crippen LogP contribution in [0.5, 0.6) is 0 Å². The topological polar surface area (TPSA) is 125 Å². The van der Waals surface area contributed by atoms with Crippen LogP contribution in [-0.4, -0.2) is 32.4 Å². The Morgan fingerprint density at radius 2 is 2.00 bits per heavy atom. The number of carbonyl (C=O) groups is 2. The molecule has 1 aromatic heterocycles. The highest BCUT2D eigenvalue weighted by Gasteiger charge is 2.37. The molecule has 1 heterocycles. The fraction of sp³-hybridized carbons (Fsp3) is 0.455. The SMILES string of the molecule is CCC(CC)(NC(=O)c1ccc([N+](=O)[O-])[nH]1)C(=O)O. The molecule has 0 radical (unpaired) electrons. The first-order valence-corrected chi connectivity index (χ1v) is 5.75. The molecule has 0 aromatic carbocycles. The van der Waals surface area contributed by atoms with Gasteiger partial charge in [-0.3, -0.25) is 4.79 Å². The number of aromatic amines is 1. The zero-order chi connectivity index (χ0) is 14.6. The Labute approximate surface area is 109 Å². The van der Waals surface area contributed by atoms with Crippen LogP contribution in [-0.2, 0) is 4.79 Å². The maximum Gasteiger partial charge on any atom is 0.329 e. The van der Waals surface area contributed by atoms with Crippen LogP contribution in [0.1, 0.15) is 37.2 Å². The quantitative estimate of drug-likeness (QED) is 0.530. The van der Waals surface area contributed by atoms with Gasteiger partial charge in [-0.25, -0.2) is 9.78 Å². The van der Waals surface area contributed by atoms with Crippen molar-refractivity contribution < 1.29 is 19.6 Å². The standard InChI is InChI=1S/C11H15N3O5/c1-3-11(4-2,10(16)17)13-9(15)7-5-6-8(12-7)14(18)19/h5-6,12H,3-4H2,1-2H3,(H,13,15)(H,16,17). The van der Waals surface area contributed by atoms with Crippen LogP contribution >= 0.6 is 0 Å². The lowest BCUT2D eigenvalue weighted by Crippen LogP contribution is -2.53. The molecule has 0 spiro atoms. The van der Waals surface area contributed by atoms with Crippen LogP contribution in [0.3, 0.4) is 0 Å². The van der Waals surface area contributed by atoms with Crippen molar-refractivity contribution in [1.82, 2.24) is 10.3 Å². The molecule has 0 aliphatic heterocycles. The van der Waals surface area contributed by atoms with Crippen LogP contribution in [0, 0.1) is 10.1 Å². The molecule has 0 aliphatic rings. The van der Waals surface area contributed by atoms with E-state index >= 15 is 0 Å². The van der Waals surface area contributed by atoms with Crippen molar-refractivity contribution in [1.29, 1.82) is 0 Å². The third-order valence-electron chi connectivity index (χ3n) is 3.08. The lowest BCUT2D eigenvalue weighted by molar-refractivity contribution is -0.389. The first-order valence-electron chi connectivity index (χ1n) is 5.75. The highest BCUT2D eigenvalue weighted by molar-refractivity contribution is 5.96. The molecule has 0 bridgehead atoms. The summed E-state index contributed by atoms with van der Waals surface area (Å²) in [5.74, 6) is -2.13. The van der Waals surface area contributed by atoms with Gasteiger partial charge < -0.3 is 20.5 Å². The summed E-state index contributed by atoms with van der Waals surface area (Å²) in [6, 6.07) is 2.39. The molecular formula is C11H15N3O5. The van der Waals surface area contributed by atoms with E-state index in [1.807, 2.05) is 0 Å². The largest absolute Gasteiger partial charge is 0.480 e. The van der Waals surface area contributed by atoms with Crippen LogP contribution in [0.2, 0.25) is 0 Å². The minimum Gasteiger partial charge on any atom is -0.480 e. The number of hydrogen-bond donors (Lipinski definition) is 3. The van der Waals surface area contributed by atoms with Gasteiger partial charge in [0, 0.05) is 6.07 Å². The Morgan fingerprint density at radius 3 is 2.37 bits per heavy atom. The summed E-state index contributed by atoms with van der Waals surface area (Å²) in [4.78, 5) is 35.3. The molecule has 1 aromatic rings. The van der Waals surface area contributed by atoms with Crippen molar-refractivity contribution in [2.24, 2.45) is 0 Å². The summed E-state index contributed by atoms with van der Waals surface area (Å²) in [7, 11) is 0. The Hall–Kier alpha value is -2.38. The van der Waals surface area contributed by atoms with Gasteiger partial charge in [0.15, 0.2) is 5.69 Å². The van der Waals surface area contributed by atoms with Crippen LogP contribution in [0.15, 0.2) is 12.1 Å². The fourth-order valence-corrected chi connectivity index (χ4v) is 1.69. The number of nitrogens with one attached hydrogen (secondary N) is 2. The fourth-order valence-electron chi connectivity index (χ4n) is 1.69. The van der Waals surface area contributed by atoms with Gasteiger partial charge in [-0.2, -0.15) is 0 Å². The molecule has 0 atom stereocenters. The zero-order valence-electron chi connectivity index (χ0n) is 10.6. The summed E-state index contributed by atoms with van der Waals surface area (Å²) >= 11 is 0. The van der Waals surface area contributed by atoms with Gasteiger partial charge in [0.25, 0.3) is 5.91 Å². The number of nitrogens with zero attached hydrogens (tertiary/aromatic N) is 1. The average molecular weight is 269 g/mol. The first kappa shape index (κ1) is 14.7. The van der Waals surface area contributed by atoms with Gasteiger partial charge in [-0.05, 0) is 23.8 Å². The van der Waals surface area contributed by atoms with Crippen molar-refractivity contribution >= 4 is 17.7 Å². The summed E-state index contributed by atoms with van der Waals surface area (Å²) in [5, 5.41) is 22.1. The van der Waals surface area contributed by atoms with E-state index in [1.54, 1.807) is 13.8 Å². The van der Waals surface area contributed by atoms with Crippen LogP contribution in [0.4, 0.5) is 5.82 Å². The Morgan fingerprint density at radius 1 is 1.42 bits per heavy atom. The molecule has 0 saturated carbocycles. The van der Waals surface area contributed by atoms with Gasteiger partial charge in [-0.15, -0.1) is 0 Å². The lowest BCUT2D eigenvalue weighted by Gasteiger charge is -2.27. The number of rotatable bonds is 6. The van der Waals surface area contributed by atoms with Crippen molar-refractivity contribution in [2.45, 2.75) is 32.2 Å². The van der Waals surface area contributed by atoms with Crippen molar-refractivity contribution in [3.63, 3.8) is 0 Å². The number of nitro groups is 1. The normalized spacial score (nSPS) is 11.1. The van der Waals surface area contributed by atoms with Crippen LogP contribution < -0.4 is 5.32 Å². The van der Waals surface area contributed by atoms with Gasteiger partial charge >= 0.3 is 11.8 Å². The Bertz CT molecular complexity index is 504. The van der Waals surface area contributed by atoms with Crippen LogP contribution in [0.25, 0.3) is 0 Å². The molecule has 0 saturated heterocycles. The van der Waals surface area contributed by atoms with E-state index in [9.17, 15) is 24.8 Å². The van der Waals surface area contributed by atoms with E-state index in [4.69, 9.17) is 0 Å². The van der Waals surface area contributed by atoms with E-state index in [1.165, 1.54) is 6.07 Å². The van der Waals surface area contributed by atoms with Crippen molar-refractivity contribution in [3.8, 4) is 0 Å². The molecule has 0 fully saturated rings. The number of carboxylic acid groups (broad SMARTS) is 1. The molecule has 8 heteroatoms. The number of aliphatic carboxylic acids is 1. The summed E-state index contributed by atoms with van der Waals surface area (Å²) in [6.45, 7) is 3.30. The van der Waals surface area contributed by atoms with Gasteiger partial charge in [0.1, 0.15) is 5.54 Å². The maximum atomic E-state index is 11.9. The average Bonchev–Trinajstić information content (AvgIpc) is 2.85. The smallest absolute Gasteiger partial charge is 0.329 e. The predicted octanol–water partition coefficient (Wildman–Crippen LogP) is 1.30. The second-order valence-corrected chi connectivity index (χ2v) is 4.06. The van der Waals surface area contributed by atoms with E-state index in [2.05, 4.69) is 10.3 Å². The maximum absolute atomic E-state index is 11.9. The monoisotopic (exact) mass is 269 g/mol. The third kappa shape index (κ3) is 2.90. The van der Waals surface area contributed by atoms with E-state index in [0.717, 1.165) is 6.07 Å². The number of hydrogen-bond acceptors (Lipinski definition) is 4. The predicted molar refractivity (Wildman–Crippen MR) is 65.9 cm³/mol. The van der Waals surface area contributed by atoms with Gasteiger partial charge in [-0.1, -0.05) is 13.8 Å². The first-order chi connectivity index (χ1) is 8.86. The molecule has 1 rings (SSSR count). The minimum atomic E-state index is -1.36. The summed E-state index contributed by atoms with van der Waals surface area (Å²) in [6.07, 6.45) is 0.431. The van der Waals surface area contributed by atoms with E-state index < -0.39 is 22.3 Å². The lowest BCUT2D eigenvalue weighted by atomic mass is 9.93. The van der Waals surface area contributed by atoms with Gasteiger partial charge in [0.05, 0.1) is 0 Å². The number of aromatic nitrogens is 1. The molecule has 8 nitrogen and oxygen atoms in total. The van der Waals surface area contributed by atoms with E-state index in [0.29, 0.717) is 0 Å².